The second-order valence-corrected chi connectivity index (χ2v) is 8.17. The van der Waals surface area contributed by atoms with Crippen LogP contribution < -0.4 is 4.74 Å². The SMILES string of the molecule is O=C1OC(c2ccccc2Br)=N/C1=C/c1cccc(OCc2cccc3ccccc23)c1. The van der Waals surface area contributed by atoms with E-state index in [2.05, 4.69) is 45.2 Å². The molecule has 0 saturated heterocycles. The Hall–Kier alpha value is -3.70. The van der Waals surface area contributed by atoms with Crippen molar-refractivity contribution in [2.75, 3.05) is 0 Å². The fraction of sp³-hybridized carbons (Fsp3) is 0.0370. The number of nitrogens with zero attached hydrogens (tertiary/aromatic N) is 1. The molecule has 0 bridgehead atoms. The van der Waals surface area contributed by atoms with Crippen LogP contribution in [-0.4, -0.2) is 11.9 Å². The Kier molecular flexibility index (Phi) is 5.57. The lowest BCUT2D eigenvalue weighted by atomic mass is 10.1. The molecule has 4 aromatic rings. The van der Waals surface area contributed by atoms with Crippen LogP contribution >= 0.6 is 15.9 Å². The van der Waals surface area contributed by atoms with Crippen molar-refractivity contribution in [1.29, 1.82) is 0 Å². The highest BCUT2D eigenvalue weighted by Crippen LogP contribution is 2.25. The fourth-order valence-corrected chi connectivity index (χ4v) is 4.04. The van der Waals surface area contributed by atoms with E-state index in [4.69, 9.17) is 9.47 Å². The first-order valence-corrected chi connectivity index (χ1v) is 10.9. The molecule has 0 amide bonds. The van der Waals surface area contributed by atoms with Crippen molar-refractivity contribution in [3.05, 3.63) is 118 Å². The number of hydrogen-bond donors (Lipinski definition) is 0. The van der Waals surface area contributed by atoms with Gasteiger partial charge >= 0.3 is 5.97 Å². The second-order valence-electron chi connectivity index (χ2n) is 7.32. The van der Waals surface area contributed by atoms with Crippen LogP contribution in [0.2, 0.25) is 0 Å². The van der Waals surface area contributed by atoms with Crippen molar-refractivity contribution in [3.63, 3.8) is 0 Å². The number of cyclic esters (lactones) is 1. The van der Waals surface area contributed by atoms with E-state index in [1.54, 1.807) is 6.08 Å². The van der Waals surface area contributed by atoms with Crippen LogP contribution in [0.1, 0.15) is 16.7 Å². The summed E-state index contributed by atoms with van der Waals surface area (Å²) >= 11 is 3.47. The van der Waals surface area contributed by atoms with Crippen molar-refractivity contribution >= 4 is 44.6 Å². The summed E-state index contributed by atoms with van der Waals surface area (Å²) in [5.41, 5.74) is 2.91. The van der Waals surface area contributed by atoms with E-state index in [1.165, 1.54) is 10.8 Å². The van der Waals surface area contributed by atoms with E-state index >= 15 is 0 Å². The minimum atomic E-state index is -0.474. The first-order chi connectivity index (χ1) is 15.7. The molecular weight excluding hydrogens is 466 g/mol. The molecule has 0 N–H and O–H groups in total. The summed E-state index contributed by atoms with van der Waals surface area (Å²) in [5.74, 6) is 0.531. The average Bonchev–Trinajstić information content (AvgIpc) is 3.18. The molecule has 5 heteroatoms. The first-order valence-electron chi connectivity index (χ1n) is 10.1. The van der Waals surface area contributed by atoms with Gasteiger partial charge in [0.05, 0.1) is 5.56 Å². The number of aliphatic imine (C=N–C) groups is 1. The molecule has 5 rings (SSSR count). The number of fused-ring (bicyclic) bond motifs is 1. The average molecular weight is 484 g/mol. The van der Waals surface area contributed by atoms with Crippen molar-refractivity contribution in [1.82, 2.24) is 0 Å². The summed E-state index contributed by atoms with van der Waals surface area (Å²) in [6.45, 7) is 0.452. The molecule has 0 fully saturated rings. The minimum absolute atomic E-state index is 0.252. The Labute approximate surface area is 194 Å². The molecule has 0 radical (unpaired) electrons. The summed E-state index contributed by atoms with van der Waals surface area (Å²) < 4.78 is 12.2. The first kappa shape index (κ1) is 20.2. The molecular formula is C27H18BrNO3. The third-order valence-electron chi connectivity index (χ3n) is 5.16. The van der Waals surface area contributed by atoms with Crippen LogP contribution in [0.15, 0.2) is 106 Å². The van der Waals surface area contributed by atoms with Gasteiger partial charge in [0.2, 0.25) is 5.90 Å². The third kappa shape index (κ3) is 4.20. The van der Waals surface area contributed by atoms with Crippen LogP contribution in [0.4, 0.5) is 0 Å². The fourth-order valence-electron chi connectivity index (χ4n) is 3.59. The predicted octanol–water partition coefficient (Wildman–Crippen LogP) is 6.53. The number of rotatable bonds is 5. The van der Waals surface area contributed by atoms with Gasteiger partial charge in [0.25, 0.3) is 0 Å². The molecule has 0 aliphatic carbocycles. The van der Waals surface area contributed by atoms with Gasteiger partial charge in [-0.2, -0.15) is 0 Å². The Balaban J connectivity index is 1.37. The Morgan fingerprint density at radius 3 is 2.59 bits per heavy atom. The van der Waals surface area contributed by atoms with Gasteiger partial charge in [-0.3, -0.25) is 0 Å². The number of esters is 1. The lowest BCUT2D eigenvalue weighted by molar-refractivity contribution is -0.129. The van der Waals surface area contributed by atoms with E-state index in [-0.39, 0.29) is 11.6 Å². The number of carbonyl (C=O) groups is 1. The molecule has 156 valence electrons. The van der Waals surface area contributed by atoms with Crippen molar-refractivity contribution < 1.29 is 14.3 Å². The topological polar surface area (TPSA) is 47.9 Å². The molecule has 0 saturated carbocycles. The third-order valence-corrected chi connectivity index (χ3v) is 5.85. The predicted molar refractivity (Wildman–Crippen MR) is 129 cm³/mol. The van der Waals surface area contributed by atoms with E-state index in [0.717, 1.165) is 21.2 Å². The number of carbonyl (C=O) groups excluding carboxylic acids is 1. The molecule has 1 aliphatic heterocycles. The highest BCUT2D eigenvalue weighted by atomic mass is 79.9. The molecule has 0 unspecified atom stereocenters. The number of hydrogen-bond acceptors (Lipinski definition) is 4. The maximum Gasteiger partial charge on any atom is 0.363 e. The zero-order valence-electron chi connectivity index (χ0n) is 17.0. The normalized spacial score (nSPS) is 14.5. The number of ether oxygens (including phenoxy) is 2. The minimum Gasteiger partial charge on any atom is -0.489 e. The largest absolute Gasteiger partial charge is 0.489 e. The van der Waals surface area contributed by atoms with Crippen molar-refractivity contribution in [2.45, 2.75) is 6.61 Å². The maximum absolute atomic E-state index is 12.3. The quantitative estimate of drug-likeness (QED) is 0.239. The standard InChI is InChI=1S/C27H18BrNO3/c28-24-14-4-3-13-23(24)26-29-25(27(30)32-26)16-18-7-5-11-21(15-18)31-17-20-10-6-9-19-8-1-2-12-22(19)20/h1-16H,17H2/b25-16+. The lowest BCUT2D eigenvalue weighted by Gasteiger charge is -2.09. The summed E-state index contributed by atoms with van der Waals surface area (Å²) in [5, 5.41) is 2.36. The van der Waals surface area contributed by atoms with Gasteiger partial charge in [-0.05, 0) is 68.2 Å². The summed E-state index contributed by atoms with van der Waals surface area (Å²) in [6, 6.07) is 29.5. The molecule has 0 aromatic heterocycles. The Morgan fingerprint density at radius 1 is 0.906 bits per heavy atom. The zero-order chi connectivity index (χ0) is 21.9. The summed E-state index contributed by atoms with van der Waals surface area (Å²) in [6.07, 6.45) is 1.71. The highest BCUT2D eigenvalue weighted by molar-refractivity contribution is 9.10. The van der Waals surface area contributed by atoms with Crippen molar-refractivity contribution in [3.8, 4) is 5.75 Å². The summed E-state index contributed by atoms with van der Waals surface area (Å²) in [7, 11) is 0. The van der Waals surface area contributed by atoms with Crippen molar-refractivity contribution in [2.24, 2.45) is 4.99 Å². The van der Waals surface area contributed by atoms with Gasteiger partial charge in [-0.15, -0.1) is 0 Å². The monoisotopic (exact) mass is 483 g/mol. The molecule has 1 heterocycles. The number of halogens is 1. The van der Waals surface area contributed by atoms with Crippen LogP contribution in [0.25, 0.3) is 16.8 Å². The van der Waals surface area contributed by atoms with Crippen LogP contribution in [0.5, 0.6) is 5.75 Å². The number of benzene rings is 4. The zero-order valence-corrected chi connectivity index (χ0v) is 18.6. The molecule has 32 heavy (non-hydrogen) atoms. The van der Waals surface area contributed by atoms with Gasteiger partial charge in [-0.25, -0.2) is 9.79 Å². The molecule has 0 atom stereocenters. The van der Waals surface area contributed by atoms with E-state index in [9.17, 15) is 4.79 Å². The highest BCUT2D eigenvalue weighted by Gasteiger charge is 2.25. The Morgan fingerprint density at radius 2 is 1.69 bits per heavy atom. The van der Waals surface area contributed by atoms with Gasteiger partial charge in [0, 0.05) is 4.47 Å². The van der Waals surface area contributed by atoms with E-state index < -0.39 is 5.97 Å². The van der Waals surface area contributed by atoms with Gasteiger partial charge in [0.1, 0.15) is 12.4 Å². The molecule has 4 nitrogen and oxygen atoms in total. The Bertz CT molecular complexity index is 1390. The van der Waals surface area contributed by atoms with E-state index in [0.29, 0.717) is 12.4 Å². The van der Waals surface area contributed by atoms with E-state index in [1.807, 2.05) is 66.7 Å². The lowest BCUT2D eigenvalue weighted by Crippen LogP contribution is -2.05. The summed E-state index contributed by atoms with van der Waals surface area (Å²) in [4.78, 5) is 16.7. The smallest absolute Gasteiger partial charge is 0.363 e. The maximum atomic E-state index is 12.3. The van der Waals surface area contributed by atoms with Crippen LogP contribution in [-0.2, 0) is 16.1 Å². The molecule has 4 aromatic carbocycles. The van der Waals surface area contributed by atoms with Crippen LogP contribution in [0, 0.1) is 0 Å². The van der Waals surface area contributed by atoms with Gasteiger partial charge in [-0.1, -0.05) is 66.7 Å². The van der Waals surface area contributed by atoms with Crippen LogP contribution in [0.3, 0.4) is 0 Å². The van der Waals surface area contributed by atoms with Gasteiger partial charge in [0.15, 0.2) is 5.70 Å². The molecule has 1 aliphatic rings. The van der Waals surface area contributed by atoms with Gasteiger partial charge < -0.3 is 9.47 Å². The second kappa shape index (κ2) is 8.81. The molecule has 0 spiro atoms.